The summed E-state index contributed by atoms with van der Waals surface area (Å²) in [5, 5.41) is 2.74. The molecule has 4 aliphatic rings. The molecule has 2 saturated carbocycles. The molecule has 1 N–H and O–H groups in total. The Morgan fingerprint density at radius 2 is 1.81 bits per heavy atom. The Morgan fingerprint density at radius 1 is 1.13 bits per heavy atom. The predicted octanol–water partition coefficient (Wildman–Crippen LogP) is 3.63. The third-order valence-corrected chi connectivity index (χ3v) is 7.39. The Kier molecular flexibility index (Phi) is 4.75. The highest BCUT2D eigenvalue weighted by Crippen LogP contribution is 2.57. The van der Waals surface area contributed by atoms with Crippen molar-refractivity contribution in [1.82, 2.24) is 10.2 Å². The zero-order valence-electron chi connectivity index (χ0n) is 17.4. The molecule has 3 fully saturated rings. The van der Waals surface area contributed by atoms with Crippen molar-refractivity contribution in [3.05, 3.63) is 23.8 Å². The molecule has 31 heavy (non-hydrogen) atoms. The Morgan fingerprint density at radius 3 is 2.48 bits per heavy atom. The molecule has 2 amide bonds. The number of hydrogen-bond acceptors (Lipinski definition) is 5. The lowest BCUT2D eigenvalue weighted by atomic mass is 9.56. The molecule has 0 unspecified atom stereocenters. The fraction of sp³-hybridized carbons (Fsp3) is 0.636. The van der Waals surface area contributed by atoms with Gasteiger partial charge in [0.05, 0.1) is 7.11 Å². The average molecular weight is 436 g/mol. The van der Waals surface area contributed by atoms with Gasteiger partial charge < -0.3 is 24.4 Å². The number of benzene rings is 1. The molecule has 0 atom stereocenters. The van der Waals surface area contributed by atoms with Crippen molar-refractivity contribution in [3.63, 3.8) is 0 Å². The topological polar surface area (TPSA) is 77.1 Å². The van der Waals surface area contributed by atoms with Crippen LogP contribution in [-0.2, 0) is 9.53 Å². The van der Waals surface area contributed by atoms with Crippen molar-refractivity contribution in [1.29, 1.82) is 0 Å². The van der Waals surface area contributed by atoms with Crippen molar-refractivity contribution < 1.29 is 32.6 Å². The Balaban J connectivity index is 1.09. The van der Waals surface area contributed by atoms with Gasteiger partial charge >= 0.3 is 12.4 Å². The molecule has 0 bridgehead atoms. The number of likely N-dealkylation sites (tertiary alicyclic amines) is 1. The lowest BCUT2D eigenvalue weighted by Gasteiger charge is -2.53. The van der Waals surface area contributed by atoms with Crippen molar-refractivity contribution in [3.8, 4) is 11.5 Å². The van der Waals surface area contributed by atoms with E-state index < -0.39 is 12.4 Å². The van der Waals surface area contributed by atoms with E-state index in [1.165, 1.54) is 7.11 Å². The number of fused-ring (bicyclic) bond motifs is 1. The van der Waals surface area contributed by atoms with Crippen LogP contribution in [0.5, 0.6) is 11.5 Å². The van der Waals surface area contributed by atoms with E-state index in [1.54, 1.807) is 12.1 Å². The molecule has 2 aliphatic heterocycles. The number of carbonyl (C=O) groups is 2. The predicted molar refractivity (Wildman–Crippen MR) is 105 cm³/mol. The first-order valence-corrected chi connectivity index (χ1v) is 10.8. The van der Waals surface area contributed by atoms with Gasteiger partial charge in [-0.1, -0.05) is 6.07 Å². The van der Waals surface area contributed by atoms with Gasteiger partial charge in [-0.25, -0.2) is 4.79 Å². The number of carbonyl (C=O) groups excluding carboxylic acids is 2. The molecule has 1 aromatic carbocycles. The van der Waals surface area contributed by atoms with E-state index in [2.05, 4.69) is 19.5 Å². The van der Waals surface area contributed by atoms with E-state index in [0.717, 1.165) is 44.3 Å². The molecule has 1 saturated heterocycles. The Hall–Kier alpha value is -2.58. The van der Waals surface area contributed by atoms with Crippen LogP contribution in [0.1, 0.15) is 50.0 Å². The summed E-state index contributed by atoms with van der Waals surface area (Å²) < 4.78 is 40.1. The summed E-state index contributed by atoms with van der Waals surface area (Å²) in [5.41, 5.74) is 1.24. The number of piperidine rings is 1. The standard InChI is InChI=1S/C22H26F2N2O5/c1-29-20(28)25-16-8-14(9-16)19(27)26-6-4-21(5-7-26)11-15(12-21)13-2-3-17-18(10-13)31-22(23,24)30-17/h2-3,10,14-16H,4-9,11-12H2,1H3,(H,25,28). The molecule has 2 aliphatic carbocycles. The van der Waals surface area contributed by atoms with E-state index in [1.807, 2.05) is 11.0 Å². The van der Waals surface area contributed by atoms with E-state index >= 15 is 0 Å². The zero-order valence-corrected chi connectivity index (χ0v) is 17.4. The molecule has 168 valence electrons. The maximum Gasteiger partial charge on any atom is 0.586 e. The van der Waals surface area contributed by atoms with Crippen molar-refractivity contribution >= 4 is 12.0 Å². The summed E-state index contributed by atoms with van der Waals surface area (Å²) in [5.74, 6) is 0.670. The van der Waals surface area contributed by atoms with E-state index in [-0.39, 0.29) is 34.8 Å². The molecule has 1 aromatic rings. The second-order valence-corrected chi connectivity index (χ2v) is 9.31. The highest BCUT2D eigenvalue weighted by Gasteiger charge is 2.49. The van der Waals surface area contributed by atoms with Crippen LogP contribution in [0.2, 0.25) is 0 Å². The van der Waals surface area contributed by atoms with Crippen LogP contribution in [0.25, 0.3) is 0 Å². The van der Waals surface area contributed by atoms with E-state index in [9.17, 15) is 18.4 Å². The maximum atomic E-state index is 13.2. The quantitative estimate of drug-likeness (QED) is 0.783. The normalized spacial score (nSPS) is 27.9. The van der Waals surface area contributed by atoms with Crippen molar-refractivity contribution in [2.45, 2.75) is 56.8 Å². The summed E-state index contributed by atoms with van der Waals surface area (Å²) >= 11 is 0. The Bertz CT molecular complexity index is 886. The van der Waals surface area contributed by atoms with Crippen LogP contribution in [0.3, 0.4) is 0 Å². The highest BCUT2D eigenvalue weighted by atomic mass is 19.3. The van der Waals surface area contributed by atoms with Gasteiger partial charge in [0.25, 0.3) is 0 Å². The molecule has 2 heterocycles. The molecular weight excluding hydrogens is 410 g/mol. The number of methoxy groups -OCH3 is 1. The molecule has 7 nitrogen and oxygen atoms in total. The molecule has 9 heteroatoms. The molecule has 0 aromatic heterocycles. The number of alkyl halides is 2. The van der Waals surface area contributed by atoms with Gasteiger partial charge in [0.2, 0.25) is 5.91 Å². The summed E-state index contributed by atoms with van der Waals surface area (Å²) in [6, 6.07) is 5.09. The lowest BCUT2D eigenvalue weighted by molar-refractivity contribution is -0.286. The third kappa shape index (κ3) is 3.78. The van der Waals surface area contributed by atoms with Gasteiger partial charge in [-0.15, -0.1) is 8.78 Å². The number of nitrogens with zero attached hydrogens (tertiary/aromatic N) is 1. The minimum Gasteiger partial charge on any atom is -0.453 e. The summed E-state index contributed by atoms with van der Waals surface area (Å²) in [6.45, 7) is 1.51. The van der Waals surface area contributed by atoms with E-state index in [0.29, 0.717) is 18.8 Å². The van der Waals surface area contributed by atoms with E-state index in [4.69, 9.17) is 0 Å². The molecular formula is C22H26F2N2O5. The summed E-state index contributed by atoms with van der Waals surface area (Å²) in [7, 11) is 1.33. The Labute approximate surface area is 179 Å². The average Bonchev–Trinajstić information content (AvgIpc) is 3.00. The van der Waals surface area contributed by atoms with Gasteiger partial charge in [-0.05, 0) is 67.6 Å². The molecule has 0 radical (unpaired) electrons. The lowest BCUT2D eigenvalue weighted by Crippen LogP contribution is -2.53. The second-order valence-electron chi connectivity index (χ2n) is 9.31. The van der Waals surface area contributed by atoms with Crippen LogP contribution in [-0.4, -0.2) is 49.4 Å². The minimum absolute atomic E-state index is 0.0166. The first-order chi connectivity index (χ1) is 14.8. The zero-order chi connectivity index (χ0) is 21.8. The second kappa shape index (κ2) is 7.24. The SMILES string of the molecule is COC(=O)NC1CC(C(=O)N2CCC3(CC2)CC(c2ccc4c(c2)OC(F)(F)O4)C3)C1. The van der Waals surface area contributed by atoms with Crippen molar-refractivity contribution in [2.24, 2.45) is 11.3 Å². The van der Waals surface area contributed by atoms with Gasteiger partial charge in [-0.3, -0.25) is 4.79 Å². The number of alkyl carbamates (subject to hydrolysis) is 1. The van der Waals surface area contributed by atoms with Crippen LogP contribution in [0.15, 0.2) is 18.2 Å². The van der Waals surface area contributed by atoms with Gasteiger partial charge in [0.15, 0.2) is 11.5 Å². The number of hydrogen-bond donors (Lipinski definition) is 1. The first-order valence-electron chi connectivity index (χ1n) is 10.8. The number of ether oxygens (including phenoxy) is 3. The monoisotopic (exact) mass is 436 g/mol. The van der Waals surface area contributed by atoms with Crippen LogP contribution >= 0.6 is 0 Å². The minimum atomic E-state index is -3.59. The maximum absolute atomic E-state index is 13.2. The first kappa shape index (κ1) is 20.3. The van der Waals surface area contributed by atoms with Crippen LogP contribution in [0, 0.1) is 11.3 Å². The molecule has 1 spiro atoms. The van der Waals surface area contributed by atoms with Crippen molar-refractivity contribution in [2.75, 3.05) is 20.2 Å². The highest BCUT2D eigenvalue weighted by molar-refractivity contribution is 5.80. The van der Waals surface area contributed by atoms with Gasteiger partial charge in [-0.2, -0.15) is 0 Å². The number of amides is 2. The van der Waals surface area contributed by atoms with Crippen LogP contribution in [0.4, 0.5) is 13.6 Å². The fourth-order valence-electron chi connectivity index (χ4n) is 5.47. The largest absolute Gasteiger partial charge is 0.586 e. The molecule has 5 rings (SSSR count). The number of nitrogens with one attached hydrogen (secondary N) is 1. The summed E-state index contributed by atoms with van der Waals surface area (Å²) in [4.78, 5) is 25.9. The van der Waals surface area contributed by atoms with Crippen LogP contribution < -0.4 is 14.8 Å². The third-order valence-electron chi connectivity index (χ3n) is 7.39. The number of rotatable bonds is 3. The fourth-order valence-corrected chi connectivity index (χ4v) is 5.47. The van der Waals surface area contributed by atoms with Gasteiger partial charge in [0.1, 0.15) is 0 Å². The summed E-state index contributed by atoms with van der Waals surface area (Å²) in [6.07, 6.45) is 1.23. The smallest absolute Gasteiger partial charge is 0.453 e. The number of halogens is 2. The van der Waals surface area contributed by atoms with Gasteiger partial charge in [0, 0.05) is 25.0 Å².